The molecule has 240 valence electrons. The van der Waals surface area contributed by atoms with Crippen LogP contribution < -0.4 is 0 Å². The van der Waals surface area contributed by atoms with Gasteiger partial charge >= 0.3 is 0 Å². The van der Waals surface area contributed by atoms with Crippen molar-refractivity contribution >= 4 is 36.2 Å². The molecule has 3 aromatic rings. The molecule has 0 aromatic heterocycles. The van der Waals surface area contributed by atoms with E-state index in [4.69, 9.17) is 0 Å². The van der Waals surface area contributed by atoms with Gasteiger partial charge in [-0.05, 0) is 122 Å². The van der Waals surface area contributed by atoms with Crippen LogP contribution in [0.2, 0.25) is 24.2 Å². The molecule has 2 heteroatoms. The minimum Gasteiger partial charge on any atom is -0.127 e. The topological polar surface area (TPSA) is 0 Å². The molecular weight excluding hydrogens is 577 g/mol. The predicted octanol–water partition coefficient (Wildman–Crippen LogP) is 13.0. The summed E-state index contributed by atoms with van der Waals surface area (Å²) in [4.78, 5) is 1.62. The molecule has 3 aromatic carbocycles. The van der Waals surface area contributed by atoms with Crippen molar-refractivity contribution in [2.75, 3.05) is 0 Å². The molecule has 0 amide bonds. The van der Waals surface area contributed by atoms with Crippen LogP contribution in [0.25, 0.3) is 16.3 Å². The Morgan fingerprint density at radius 2 is 1.51 bits per heavy atom. The lowest BCUT2D eigenvalue weighted by Crippen LogP contribution is -2.48. The summed E-state index contributed by atoms with van der Waals surface area (Å²) in [6, 6.07) is 26.1. The molecule has 0 spiro atoms. The van der Waals surface area contributed by atoms with E-state index in [2.05, 4.69) is 140 Å². The van der Waals surface area contributed by atoms with Gasteiger partial charge in [0, 0.05) is 5.25 Å². The summed E-state index contributed by atoms with van der Waals surface area (Å²) >= 11 is 2.31. The fourth-order valence-electron chi connectivity index (χ4n) is 11.8. The fraction of sp³-hybridized carbons (Fsp3) is 0.581. The Balaban J connectivity index is 1.20. The van der Waals surface area contributed by atoms with Gasteiger partial charge in [-0.3, -0.25) is 0 Å². The first kappa shape index (κ1) is 31.8. The lowest BCUT2D eigenvalue weighted by molar-refractivity contribution is 0.236. The minimum atomic E-state index is -1.65. The Morgan fingerprint density at radius 1 is 0.800 bits per heavy atom. The fourth-order valence-corrected chi connectivity index (χ4v) is 20.9. The van der Waals surface area contributed by atoms with Crippen molar-refractivity contribution in [1.82, 2.24) is 0 Å². The monoisotopic (exact) mass is 634 g/mol. The standard InChI is InChI=1S/C43H58SSi/c1-26(2)36-25-38-39(30-20-22-31(23-21-30)43(5,6)7)28(4)44-40(38)42(36)45(8,9)41-27(3)24-37-34(18-13-19-35(37)41)33-17-12-15-29-14-10-11-16-32(29)33/h10-12,14-17,20-23,26-27,34-38,40-42H,13,18-19,24-25H2,1-9H3. The number of allylic oxidation sites excluding steroid dienone is 2. The molecule has 9 atom stereocenters. The molecule has 3 saturated carbocycles. The SMILES string of the molecule is CC1=C(c2ccc(C(C)(C)C)cc2)C2CC(C(C)C)C([Si](C)(C)C3C(C)CC4C(c5cccc6ccccc56)CCCC43)C2S1. The highest BCUT2D eigenvalue weighted by molar-refractivity contribution is 8.04. The van der Waals surface area contributed by atoms with Crippen molar-refractivity contribution in [3.63, 3.8) is 0 Å². The summed E-state index contributed by atoms with van der Waals surface area (Å²) in [5.74, 6) is 5.71. The summed E-state index contributed by atoms with van der Waals surface area (Å²) in [6.45, 7) is 23.0. The predicted molar refractivity (Wildman–Crippen MR) is 202 cm³/mol. The average molecular weight is 635 g/mol. The van der Waals surface area contributed by atoms with Crippen LogP contribution in [-0.2, 0) is 5.41 Å². The van der Waals surface area contributed by atoms with Crippen molar-refractivity contribution in [3.8, 4) is 0 Å². The Hall–Kier alpha value is -1.77. The van der Waals surface area contributed by atoms with Gasteiger partial charge in [-0.1, -0.05) is 134 Å². The first-order valence-corrected chi connectivity index (χ1v) is 22.4. The minimum absolute atomic E-state index is 0.202. The molecule has 3 fully saturated rings. The quantitative estimate of drug-likeness (QED) is 0.252. The van der Waals surface area contributed by atoms with Crippen LogP contribution in [0.15, 0.2) is 71.6 Å². The molecule has 0 bridgehead atoms. The third-order valence-electron chi connectivity index (χ3n) is 13.5. The maximum Gasteiger partial charge on any atom is 0.0556 e. The molecule has 0 saturated heterocycles. The third-order valence-corrected chi connectivity index (χ3v) is 20.4. The smallest absolute Gasteiger partial charge is 0.0556 e. The van der Waals surface area contributed by atoms with Gasteiger partial charge < -0.3 is 0 Å². The van der Waals surface area contributed by atoms with Crippen LogP contribution in [0.1, 0.15) is 103 Å². The van der Waals surface area contributed by atoms with Crippen LogP contribution >= 0.6 is 11.8 Å². The van der Waals surface area contributed by atoms with E-state index < -0.39 is 8.07 Å². The number of fused-ring (bicyclic) bond motifs is 3. The highest BCUT2D eigenvalue weighted by Crippen LogP contribution is 2.69. The zero-order valence-corrected chi connectivity index (χ0v) is 31.4. The lowest BCUT2D eigenvalue weighted by atomic mass is 9.70. The number of benzene rings is 3. The lowest BCUT2D eigenvalue weighted by Gasteiger charge is -2.48. The molecule has 45 heavy (non-hydrogen) atoms. The highest BCUT2D eigenvalue weighted by Gasteiger charge is 2.61. The number of hydrogen-bond acceptors (Lipinski definition) is 1. The summed E-state index contributed by atoms with van der Waals surface area (Å²) in [7, 11) is -1.65. The number of thioether (sulfide) groups is 1. The molecule has 3 aliphatic carbocycles. The Bertz CT molecular complexity index is 1570. The van der Waals surface area contributed by atoms with Crippen LogP contribution in [0, 0.1) is 35.5 Å². The van der Waals surface area contributed by atoms with Gasteiger partial charge in [-0.15, -0.1) is 11.8 Å². The van der Waals surface area contributed by atoms with Crippen molar-refractivity contribution in [2.24, 2.45) is 35.5 Å². The van der Waals surface area contributed by atoms with Crippen LogP contribution in [0.5, 0.6) is 0 Å². The summed E-state index contributed by atoms with van der Waals surface area (Å²) in [5.41, 5.74) is 8.36. The van der Waals surface area contributed by atoms with E-state index in [9.17, 15) is 0 Å². The van der Waals surface area contributed by atoms with Crippen molar-refractivity contribution in [1.29, 1.82) is 0 Å². The molecule has 9 unspecified atom stereocenters. The summed E-state index contributed by atoms with van der Waals surface area (Å²) in [5, 5.41) is 3.72. The van der Waals surface area contributed by atoms with E-state index in [-0.39, 0.29) is 5.41 Å². The Kier molecular flexibility index (Phi) is 8.29. The van der Waals surface area contributed by atoms with Crippen molar-refractivity contribution < 1.29 is 0 Å². The van der Waals surface area contributed by atoms with Gasteiger partial charge in [0.05, 0.1) is 8.07 Å². The first-order valence-electron chi connectivity index (χ1n) is 18.3. The number of hydrogen-bond donors (Lipinski definition) is 0. The van der Waals surface area contributed by atoms with E-state index in [0.717, 1.165) is 57.8 Å². The summed E-state index contributed by atoms with van der Waals surface area (Å²) < 4.78 is 0. The van der Waals surface area contributed by atoms with Crippen LogP contribution in [-0.4, -0.2) is 13.3 Å². The molecule has 1 heterocycles. The molecule has 1 aliphatic heterocycles. The van der Waals surface area contributed by atoms with E-state index in [1.807, 2.05) is 0 Å². The van der Waals surface area contributed by atoms with Crippen LogP contribution in [0.3, 0.4) is 0 Å². The maximum absolute atomic E-state index is 2.88. The highest BCUT2D eigenvalue weighted by atomic mass is 32.2. The van der Waals surface area contributed by atoms with E-state index in [0.29, 0.717) is 0 Å². The second-order valence-electron chi connectivity index (χ2n) is 17.6. The number of rotatable bonds is 5. The van der Waals surface area contributed by atoms with Crippen molar-refractivity contribution in [2.45, 2.75) is 121 Å². The van der Waals surface area contributed by atoms with Crippen LogP contribution in [0.4, 0.5) is 0 Å². The van der Waals surface area contributed by atoms with Gasteiger partial charge in [0.25, 0.3) is 0 Å². The maximum atomic E-state index is 2.88. The molecule has 0 radical (unpaired) electrons. The zero-order chi connectivity index (χ0) is 31.8. The second kappa shape index (κ2) is 11.7. The molecule has 0 nitrogen and oxygen atoms in total. The molecule has 7 rings (SSSR count). The summed E-state index contributed by atoms with van der Waals surface area (Å²) in [6.07, 6.45) is 7.12. The van der Waals surface area contributed by atoms with Gasteiger partial charge in [0.2, 0.25) is 0 Å². The van der Waals surface area contributed by atoms with E-state index in [1.54, 1.807) is 16.0 Å². The molecule has 0 N–H and O–H groups in total. The van der Waals surface area contributed by atoms with Gasteiger partial charge in [-0.25, -0.2) is 0 Å². The zero-order valence-electron chi connectivity index (χ0n) is 29.6. The van der Waals surface area contributed by atoms with Crippen molar-refractivity contribution in [3.05, 3.63) is 88.3 Å². The second-order valence-corrected chi connectivity index (χ2v) is 24.0. The first-order chi connectivity index (χ1) is 21.4. The van der Waals surface area contributed by atoms with Gasteiger partial charge in [0.15, 0.2) is 0 Å². The van der Waals surface area contributed by atoms with E-state index in [1.165, 1.54) is 54.0 Å². The normalized spacial score (nSPS) is 33.7. The average Bonchev–Trinajstić information content (AvgIpc) is 3.64. The third kappa shape index (κ3) is 5.33. The molecular formula is C43H58SSi. The largest absolute Gasteiger partial charge is 0.127 e. The van der Waals surface area contributed by atoms with Gasteiger partial charge in [-0.2, -0.15) is 0 Å². The Labute approximate surface area is 280 Å². The Morgan fingerprint density at radius 3 is 2.22 bits per heavy atom. The van der Waals surface area contributed by atoms with Gasteiger partial charge in [0.1, 0.15) is 0 Å². The van der Waals surface area contributed by atoms with E-state index >= 15 is 0 Å². The molecule has 4 aliphatic rings.